The van der Waals surface area contributed by atoms with Crippen LogP contribution in [0.1, 0.15) is 70.9 Å². The molecule has 2 atom stereocenters. The molecule has 1 aromatic carbocycles. The summed E-state index contributed by atoms with van der Waals surface area (Å²) in [6.07, 6.45) is 8.06. The van der Waals surface area contributed by atoms with Crippen LogP contribution in [0.25, 0.3) is 0 Å². The summed E-state index contributed by atoms with van der Waals surface area (Å²) in [6.45, 7) is 9.67. The molecule has 2 fully saturated rings. The van der Waals surface area contributed by atoms with Gasteiger partial charge in [-0.05, 0) is 92.4 Å². The van der Waals surface area contributed by atoms with Crippen molar-refractivity contribution in [3.63, 3.8) is 0 Å². The van der Waals surface area contributed by atoms with E-state index in [1.807, 2.05) is 0 Å². The Morgan fingerprint density at radius 1 is 1.11 bits per heavy atom. The highest BCUT2D eigenvalue weighted by Crippen LogP contribution is 2.40. The zero-order valence-electron chi connectivity index (χ0n) is 17.8. The minimum atomic E-state index is -0.279. The quantitative estimate of drug-likeness (QED) is 0.771. The molecule has 28 heavy (non-hydrogen) atoms. The summed E-state index contributed by atoms with van der Waals surface area (Å²) in [6, 6.07) is 6.63. The maximum absolute atomic E-state index is 11.5. The van der Waals surface area contributed by atoms with Gasteiger partial charge in [0, 0.05) is 0 Å². The van der Waals surface area contributed by atoms with Gasteiger partial charge in [0.15, 0.2) is 0 Å². The van der Waals surface area contributed by atoms with Gasteiger partial charge >= 0.3 is 6.09 Å². The number of amides is 1. The standard InChI is InChI=1S/C24H35NO3/c1-23(2,3)18-8-11-20(12-9-18)28-21-10-6-16-13-19(7-5-17(16)14-21)24(4)15-27-22(26)25-24/h6,10,14,18-20H,5,7-9,11-13,15H2,1-4H3,(H,25,26)/t18?,19-,20?,24-/m1/s1. The first-order valence-corrected chi connectivity index (χ1v) is 11.0. The molecule has 1 aromatic rings. The number of hydrogen-bond donors (Lipinski definition) is 1. The Morgan fingerprint density at radius 2 is 1.86 bits per heavy atom. The Hall–Kier alpha value is -1.71. The highest BCUT2D eigenvalue weighted by molar-refractivity contribution is 5.70. The molecule has 1 saturated heterocycles. The third-order valence-corrected chi connectivity index (χ3v) is 7.40. The fourth-order valence-electron chi connectivity index (χ4n) is 5.33. The molecular formula is C24H35NO3. The van der Waals surface area contributed by atoms with Gasteiger partial charge in [-0.15, -0.1) is 0 Å². The van der Waals surface area contributed by atoms with Crippen LogP contribution >= 0.6 is 0 Å². The molecule has 0 bridgehead atoms. The second-order valence-electron chi connectivity index (χ2n) is 10.4. The van der Waals surface area contributed by atoms with Crippen molar-refractivity contribution in [2.45, 2.75) is 84.3 Å². The second-order valence-corrected chi connectivity index (χ2v) is 10.4. The molecule has 4 nitrogen and oxygen atoms in total. The van der Waals surface area contributed by atoms with E-state index in [0.717, 1.165) is 30.9 Å². The molecule has 1 aliphatic heterocycles. The molecule has 1 saturated carbocycles. The molecule has 4 heteroatoms. The normalized spacial score (nSPS) is 33.0. The summed E-state index contributed by atoms with van der Waals surface area (Å²) in [4.78, 5) is 11.5. The Bertz CT molecular complexity index is 730. The van der Waals surface area contributed by atoms with E-state index < -0.39 is 0 Å². The van der Waals surface area contributed by atoms with Crippen molar-refractivity contribution in [3.05, 3.63) is 29.3 Å². The minimum absolute atomic E-state index is 0.240. The van der Waals surface area contributed by atoms with Gasteiger partial charge in [0.05, 0.1) is 11.6 Å². The lowest BCUT2D eigenvalue weighted by molar-refractivity contribution is 0.0881. The smallest absolute Gasteiger partial charge is 0.407 e. The van der Waals surface area contributed by atoms with E-state index >= 15 is 0 Å². The highest BCUT2D eigenvalue weighted by atomic mass is 16.6. The molecule has 2 aliphatic carbocycles. The van der Waals surface area contributed by atoms with E-state index in [0.29, 0.717) is 24.0 Å². The predicted octanol–water partition coefficient (Wildman–Crippen LogP) is 5.27. The van der Waals surface area contributed by atoms with E-state index in [2.05, 4.69) is 51.2 Å². The maximum Gasteiger partial charge on any atom is 0.407 e. The molecule has 1 N–H and O–H groups in total. The maximum atomic E-state index is 11.5. The van der Waals surface area contributed by atoms with Crippen molar-refractivity contribution in [1.29, 1.82) is 0 Å². The zero-order valence-corrected chi connectivity index (χ0v) is 17.8. The van der Waals surface area contributed by atoms with Crippen LogP contribution in [0.2, 0.25) is 0 Å². The number of alkyl carbamates (subject to hydrolysis) is 1. The summed E-state index contributed by atoms with van der Waals surface area (Å²) in [5.74, 6) is 2.26. The van der Waals surface area contributed by atoms with Crippen molar-refractivity contribution >= 4 is 6.09 Å². The first-order valence-electron chi connectivity index (χ1n) is 11.0. The largest absolute Gasteiger partial charge is 0.490 e. The van der Waals surface area contributed by atoms with Crippen LogP contribution in [0, 0.1) is 17.3 Å². The third kappa shape index (κ3) is 4.01. The predicted molar refractivity (Wildman–Crippen MR) is 111 cm³/mol. The molecule has 0 aromatic heterocycles. The summed E-state index contributed by atoms with van der Waals surface area (Å²) < 4.78 is 11.5. The van der Waals surface area contributed by atoms with Crippen LogP contribution in [0.4, 0.5) is 4.79 Å². The Labute approximate surface area is 169 Å². The van der Waals surface area contributed by atoms with Crippen LogP contribution in [-0.2, 0) is 17.6 Å². The number of fused-ring (bicyclic) bond motifs is 1. The minimum Gasteiger partial charge on any atom is -0.490 e. The van der Waals surface area contributed by atoms with Gasteiger partial charge in [-0.2, -0.15) is 0 Å². The first-order chi connectivity index (χ1) is 13.2. The lowest BCUT2D eigenvalue weighted by atomic mass is 9.72. The van der Waals surface area contributed by atoms with E-state index in [-0.39, 0.29) is 11.6 Å². The van der Waals surface area contributed by atoms with Gasteiger partial charge < -0.3 is 14.8 Å². The van der Waals surface area contributed by atoms with E-state index in [1.54, 1.807) is 0 Å². The second kappa shape index (κ2) is 7.27. The lowest BCUT2D eigenvalue weighted by Crippen LogP contribution is -2.49. The van der Waals surface area contributed by atoms with Crippen LogP contribution in [0.15, 0.2) is 18.2 Å². The van der Waals surface area contributed by atoms with Gasteiger partial charge in [0.1, 0.15) is 12.4 Å². The lowest BCUT2D eigenvalue weighted by Gasteiger charge is -2.37. The SMILES string of the molecule is CC(C)(C)C1CCC(Oc2ccc3c(c2)CC[C@@H]([C@@]2(C)COC(=O)N2)C3)CC1. The number of cyclic esters (lactones) is 1. The highest BCUT2D eigenvalue weighted by Gasteiger charge is 2.43. The van der Waals surface area contributed by atoms with Gasteiger partial charge in [0.2, 0.25) is 0 Å². The average Bonchev–Trinajstić information content (AvgIpc) is 3.01. The molecule has 3 aliphatic rings. The van der Waals surface area contributed by atoms with Crippen LogP contribution in [0.5, 0.6) is 5.75 Å². The molecule has 1 amide bonds. The van der Waals surface area contributed by atoms with Crippen molar-refractivity contribution in [2.24, 2.45) is 17.3 Å². The van der Waals surface area contributed by atoms with Gasteiger partial charge in [-0.1, -0.05) is 26.8 Å². The number of ether oxygens (including phenoxy) is 2. The van der Waals surface area contributed by atoms with E-state index in [1.165, 1.54) is 36.8 Å². The van der Waals surface area contributed by atoms with Crippen molar-refractivity contribution in [3.8, 4) is 5.75 Å². The Kier molecular flexibility index (Phi) is 5.09. The number of benzene rings is 1. The van der Waals surface area contributed by atoms with Crippen molar-refractivity contribution in [2.75, 3.05) is 6.61 Å². The third-order valence-electron chi connectivity index (χ3n) is 7.40. The van der Waals surface area contributed by atoms with Gasteiger partial charge in [-0.3, -0.25) is 0 Å². The Morgan fingerprint density at radius 3 is 2.50 bits per heavy atom. The molecule has 1 heterocycles. The monoisotopic (exact) mass is 385 g/mol. The number of rotatable bonds is 3. The van der Waals surface area contributed by atoms with Crippen LogP contribution < -0.4 is 10.1 Å². The summed E-state index contributed by atoms with van der Waals surface area (Å²) >= 11 is 0. The number of carbonyl (C=O) groups is 1. The molecular weight excluding hydrogens is 350 g/mol. The Balaban J connectivity index is 1.36. The molecule has 154 valence electrons. The van der Waals surface area contributed by atoms with Crippen molar-refractivity contribution < 1.29 is 14.3 Å². The van der Waals surface area contributed by atoms with Gasteiger partial charge in [-0.25, -0.2) is 4.79 Å². The number of carbonyl (C=O) groups excluding carboxylic acids is 1. The van der Waals surface area contributed by atoms with Crippen LogP contribution in [0.3, 0.4) is 0 Å². The first kappa shape index (κ1) is 19.6. The van der Waals surface area contributed by atoms with E-state index in [9.17, 15) is 4.79 Å². The topological polar surface area (TPSA) is 47.6 Å². The molecule has 0 radical (unpaired) electrons. The molecule has 0 unspecified atom stereocenters. The molecule has 4 rings (SSSR count). The van der Waals surface area contributed by atoms with Crippen LogP contribution in [-0.4, -0.2) is 24.3 Å². The fourth-order valence-corrected chi connectivity index (χ4v) is 5.33. The van der Waals surface area contributed by atoms with Gasteiger partial charge in [0.25, 0.3) is 0 Å². The number of nitrogens with one attached hydrogen (secondary N) is 1. The molecule has 0 spiro atoms. The van der Waals surface area contributed by atoms with Crippen molar-refractivity contribution in [1.82, 2.24) is 5.32 Å². The average molecular weight is 386 g/mol. The summed E-state index contributed by atoms with van der Waals surface area (Å²) in [5.41, 5.74) is 2.97. The summed E-state index contributed by atoms with van der Waals surface area (Å²) in [7, 11) is 0. The number of aryl methyl sites for hydroxylation is 1. The zero-order chi connectivity index (χ0) is 19.9. The van der Waals surface area contributed by atoms with E-state index in [4.69, 9.17) is 9.47 Å². The fraction of sp³-hybridized carbons (Fsp3) is 0.708. The summed E-state index contributed by atoms with van der Waals surface area (Å²) in [5, 5.41) is 3.02. The number of hydrogen-bond acceptors (Lipinski definition) is 3.